The van der Waals surface area contributed by atoms with E-state index in [0.717, 1.165) is 19.1 Å². The van der Waals surface area contributed by atoms with E-state index in [9.17, 15) is 13.2 Å². The van der Waals surface area contributed by atoms with Crippen molar-refractivity contribution in [1.29, 1.82) is 0 Å². The molecule has 6 rings (SSSR count). The van der Waals surface area contributed by atoms with Crippen LogP contribution in [0.4, 0.5) is 87.8 Å². The van der Waals surface area contributed by atoms with E-state index in [1.54, 1.807) is 0 Å². The SMILES string of the molecule is Cc1ccc(C2([B-](c3c(F)c(F)c(F)c(F)c3F)(c3c(F)c(F)c(F)c(F)c3F)c3c(F)c(F)c(F)c(F)c3F)C(F)=C(F)C(F)=C(F)C2(F)c2ccc(C(C)C)cc2)cc1. The number of aryl methyl sites for hydroxylation is 1. The zero-order chi connectivity index (χ0) is 45.7. The summed E-state index contributed by atoms with van der Waals surface area (Å²) in [5.41, 5.74) is -20.4. The number of allylic oxidation sites excluding steroid dienone is 4. The Bertz CT molecular complexity index is 2490. The van der Waals surface area contributed by atoms with Crippen LogP contribution in [0.15, 0.2) is 71.8 Å². The van der Waals surface area contributed by atoms with Crippen LogP contribution in [0.3, 0.4) is 0 Å². The second-order valence-corrected chi connectivity index (χ2v) is 14.2. The number of rotatable bonds is 7. The molecule has 0 nitrogen and oxygen atoms in total. The van der Waals surface area contributed by atoms with Crippen LogP contribution in [0.25, 0.3) is 0 Å². The van der Waals surface area contributed by atoms with Gasteiger partial charge in [0.1, 0.15) is 46.9 Å². The van der Waals surface area contributed by atoms with Gasteiger partial charge in [0.25, 0.3) is 0 Å². The fraction of sp³-hybridized carbons (Fsp3) is 0.150. The highest BCUT2D eigenvalue weighted by Crippen LogP contribution is 2.64. The molecular weight excluding hydrogens is 871 g/mol. The Hall–Kier alpha value is -5.76. The Kier molecular flexibility index (Phi) is 11.0. The van der Waals surface area contributed by atoms with Crippen molar-refractivity contribution in [3.63, 3.8) is 0 Å². The summed E-state index contributed by atoms with van der Waals surface area (Å²) < 4.78 is 325. The van der Waals surface area contributed by atoms with Crippen molar-refractivity contribution >= 4 is 22.5 Å². The zero-order valence-corrected chi connectivity index (χ0v) is 30.3. The molecule has 0 spiro atoms. The summed E-state index contributed by atoms with van der Waals surface area (Å²) in [4.78, 5) is 0. The summed E-state index contributed by atoms with van der Waals surface area (Å²) in [5.74, 6) is -68.6. The van der Waals surface area contributed by atoms with E-state index in [0.29, 0.717) is 12.1 Å². The van der Waals surface area contributed by atoms with Gasteiger partial charge in [-0.25, -0.2) is 87.8 Å². The van der Waals surface area contributed by atoms with Gasteiger partial charge in [0, 0.05) is 0 Å². The van der Waals surface area contributed by atoms with E-state index in [2.05, 4.69) is 0 Å². The maximum Gasteiger partial charge on any atom is 0.200 e. The Morgan fingerprint density at radius 3 is 0.967 bits per heavy atom. The van der Waals surface area contributed by atoms with E-state index in [4.69, 9.17) is 0 Å². The predicted octanol–water partition coefficient (Wildman–Crippen LogP) is 11.3. The molecule has 0 saturated heterocycles. The van der Waals surface area contributed by atoms with E-state index in [1.165, 1.54) is 13.8 Å². The lowest BCUT2D eigenvalue weighted by Gasteiger charge is -2.63. The highest BCUT2D eigenvalue weighted by atomic mass is 19.2. The fourth-order valence-corrected chi connectivity index (χ4v) is 8.26. The van der Waals surface area contributed by atoms with Crippen LogP contribution >= 0.6 is 0 Å². The van der Waals surface area contributed by atoms with Crippen LogP contribution in [0, 0.1) is 94.2 Å². The third-order valence-electron chi connectivity index (χ3n) is 10.9. The van der Waals surface area contributed by atoms with Crippen molar-refractivity contribution in [3.05, 3.63) is 181 Å². The molecule has 0 amide bonds. The first-order valence-electron chi connectivity index (χ1n) is 17.0. The second-order valence-electron chi connectivity index (χ2n) is 14.2. The maximum absolute atomic E-state index is 19.4. The highest BCUT2D eigenvalue weighted by molar-refractivity contribution is 7.14. The van der Waals surface area contributed by atoms with Gasteiger partial charge < -0.3 is 0 Å². The maximum atomic E-state index is 19.4. The molecular formula is C40H18BF20-. The van der Waals surface area contributed by atoms with E-state index >= 15 is 74.6 Å². The van der Waals surface area contributed by atoms with Crippen LogP contribution in [0.5, 0.6) is 0 Å². The molecule has 0 radical (unpaired) electrons. The van der Waals surface area contributed by atoms with Gasteiger partial charge in [-0.1, -0.05) is 73.5 Å². The zero-order valence-electron chi connectivity index (χ0n) is 30.3. The van der Waals surface area contributed by atoms with Gasteiger partial charge in [-0.2, -0.15) is 0 Å². The minimum Gasteiger partial charge on any atom is -0.233 e. The molecule has 0 fully saturated rings. The fourth-order valence-electron chi connectivity index (χ4n) is 8.26. The molecule has 0 aliphatic heterocycles. The lowest BCUT2D eigenvalue weighted by atomic mass is 9.03. The van der Waals surface area contributed by atoms with Gasteiger partial charge in [0.2, 0.25) is 0 Å². The van der Waals surface area contributed by atoms with Crippen LogP contribution < -0.4 is 16.4 Å². The van der Waals surface area contributed by atoms with E-state index in [-0.39, 0.29) is 35.4 Å². The summed E-state index contributed by atoms with van der Waals surface area (Å²) >= 11 is 0. The molecule has 0 saturated carbocycles. The predicted molar refractivity (Wildman–Crippen MR) is 178 cm³/mol. The Morgan fingerprint density at radius 2 is 0.656 bits per heavy atom. The van der Waals surface area contributed by atoms with Crippen molar-refractivity contribution in [2.75, 3.05) is 0 Å². The third-order valence-corrected chi connectivity index (χ3v) is 10.9. The second kappa shape index (κ2) is 15.0. The minimum absolute atomic E-state index is 0.0484. The van der Waals surface area contributed by atoms with Gasteiger partial charge in [-0.05, 0) is 29.3 Å². The van der Waals surface area contributed by atoms with Gasteiger partial charge in [-0.3, -0.25) is 0 Å². The standard InChI is InChI=1S/C40H18BF20/c1-12(2)14-6-10-16(11-7-14)40(61)38(60)36(58)35(57)37(59)39(40,15-8-4-13(3)5-9-15)41(17-20(42)26(48)32(54)27(49)21(17)43,18-22(44)28(50)33(55)29(51)23(18)45)19-24(46)30(52)34(56)31(53)25(19)47/h4-12H,1-3H3/q-1. The molecule has 2 atom stereocenters. The molecule has 0 bridgehead atoms. The Balaban J connectivity index is 2.24. The number of halogens is 20. The molecule has 2 unspecified atom stereocenters. The molecule has 0 aromatic heterocycles. The Labute approximate surface area is 329 Å². The average molecular weight is 889 g/mol. The number of hydrogen-bond acceptors (Lipinski definition) is 0. The molecule has 5 aromatic carbocycles. The number of alkyl halides is 1. The number of hydrogen-bond donors (Lipinski definition) is 0. The molecule has 322 valence electrons. The lowest BCUT2D eigenvalue weighted by molar-refractivity contribution is 0.0935. The van der Waals surface area contributed by atoms with Gasteiger partial charge in [0.15, 0.2) is 75.5 Å². The monoisotopic (exact) mass is 889 g/mol. The van der Waals surface area contributed by atoms with Crippen molar-refractivity contribution in [2.45, 2.75) is 37.7 Å². The summed E-state index contributed by atoms with van der Waals surface area (Å²) in [6, 6.07) is 3.29. The van der Waals surface area contributed by atoms with Crippen LogP contribution in [-0.2, 0) is 11.0 Å². The first-order valence-corrected chi connectivity index (χ1v) is 17.0. The summed E-state index contributed by atoms with van der Waals surface area (Å²) in [6.07, 6.45) is -7.61. The van der Waals surface area contributed by atoms with E-state index in [1.807, 2.05) is 0 Å². The molecule has 0 N–H and O–H groups in total. The lowest BCUT2D eigenvalue weighted by Crippen LogP contribution is -2.86. The molecule has 1 aliphatic rings. The Morgan fingerprint density at radius 1 is 0.377 bits per heavy atom. The van der Waals surface area contributed by atoms with E-state index < -0.39 is 161 Å². The van der Waals surface area contributed by atoms with Gasteiger partial charge in [0.05, 0.1) is 0 Å². The molecule has 61 heavy (non-hydrogen) atoms. The first kappa shape index (κ1) is 44.8. The largest absolute Gasteiger partial charge is 0.233 e. The quantitative estimate of drug-likeness (QED) is 0.0661. The highest BCUT2D eigenvalue weighted by Gasteiger charge is 2.73. The van der Waals surface area contributed by atoms with Crippen LogP contribution in [0.2, 0.25) is 0 Å². The third kappa shape index (κ3) is 5.62. The minimum atomic E-state index is -7.61. The smallest absolute Gasteiger partial charge is 0.200 e. The normalized spacial score (nSPS) is 18.6. The average Bonchev–Trinajstić information content (AvgIpc) is 3.24. The molecule has 1 aliphatic carbocycles. The summed E-state index contributed by atoms with van der Waals surface area (Å²) in [6.45, 7) is 3.94. The summed E-state index contributed by atoms with van der Waals surface area (Å²) in [5, 5.41) is -5.75. The summed E-state index contributed by atoms with van der Waals surface area (Å²) in [7, 11) is 0. The molecule has 21 heteroatoms. The van der Waals surface area contributed by atoms with Crippen molar-refractivity contribution in [2.24, 2.45) is 0 Å². The molecule has 0 heterocycles. The van der Waals surface area contributed by atoms with Gasteiger partial charge >= 0.3 is 0 Å². The van der Waals surface area contributed by atoms with Crippen molar-refractivity contribution in [3.8, 4) is 0 Å². The van der Waals surface area contributed by atoms with Gasteiger partial charge in [-0.15, -0.1) is 16.4 Å². The number of benzene rings is 5. The first-order chi connectivity index (χ1) is 28.3. The topological polar surface area (TPSA) is 0 Å². The van der Waals surface area contributed by atoms with Crippen LogP contribution in [-0.4, -0.2) is 6.15 Å². The van der Waals surface area contributed by atoms with Crippen molar-refractivity contribution < 1.29 is 87.8 Å². The van der Waals surface area contributed by atoms with Crippen molar-refractivity contribution in [1.82, 2.24) is 0 Å². The molecule has 5 aromatic rings. The van der Waals surface area contributed by atoms with Crippen LogP contribution in [0.1, 0.15) is 42.0 Å².